The number of hydrogen-bond donors (Lipinski definition) is 0. The summed E-state index contributed by atoms with van der Waals surface area (Å²) in [5.41, 5.74) is 7.98. The highest BCUT2D eigenvalue weighted by atomic mass is 15.1. The molecule has 0 aliphatic heterocycles. The van der Waals surface area contributed by atoms with Crippen molar-refractivity contribution in [2.75, 3.05) is 6.54 Å². The normalized spacial score (nSPS) is 22.6. The maximum absolute atomic E-state index is 7.98. The van der Waals surface area contributed by atoms with E-state index in [4.69, 9.17) is 5.53 Å². The van der Waals surface area contributed by atoms with Crippen molar-refractivity contribution < 1.29 is 0 Å². The molecule has 0 fully saturated rings. The molecule has 1 unspecified atom stereocenters. The van der Waals surface area contributed by atoms with Crippen molar-refractivity contribution in [3.8, 4) is 0 Å². The number of azide groups is 1. The highest BCUT2D eigenvalue weighted by molar-refractivity contribution is 4.95. The molecular formula is C7H11N3. The lowest BCUT2D eigenvalue weighted by Gasteiger charge is -2.01. The van der Waals surface area contributed by atoms with Gasteiger partial charge < -0.3 is 0 Å². The Hall–Kier alpha value is -0.950. The zero-order chi connectivity index (χ0) is 7.23. The Bertz CT molecular complexity index is 168. The molecule has 0 radical (unpaired) electrons. The fourth-order valence-corrected chi connectivity index (χ4v) is 1.20. The van der Waals surface area contributed by atoms with Crippen LogP contribution in [0.25, 0.3) is 10.4 Å². The van der Waals surface area contributed by atoms with Gasteiger partial charge in [0.25, 0.3) is 0 Å². The van der Waals surface area contributed by atoms with Crippen LogP contribution in [-0.2, 0) is 0 Å². The minimum absolute atomic E-state index is 0.644. The van der Waals surface area contributed by atoms with Crippen molar-refractivity contribution in [1.82, 2.24) is 0 Å². The minimum atomic E-state index is 0.644. The molecule has 1 aliphatic carbocycles. The van der Waals surface area contributed by atoms with E-state index >= 15 is 0 Å². The van der Waals surface area contributed by atoms with E-state index in [2.05, 4.69) is 22.2 Å². The first-order valence-electron chi connectivity index (χ1n) is 3.61. The molecular weight excluding hydrogens is 126 g/mol. The molecule has 0 N–H and O–H groups in total. The zero-order valence-corrected chi connectivity index (χ0v) is 5.90. The van der Waals surface area contributed by atoms with Gasteiger partial charge in [0, 0.05) is 11.5 Å². The molecule has 0 saturated heterocycles. The third-order valence-electron chi connectivity index (χ3n) is 1.78. The first-order chi connectivity index (χ1) is 4.93. The van der Waals surface area contributed by atoms with Crippen LogP contribution >= 0.6 is 0 Å². The van der Waals surface area contributed by atoms with Gasteiger partial charge in [-0.2, -0.15) is 0 Å². The Labute approximate surface area is 60.4 Å². The minimum Gasteiger partial charge on any atom is -0.0940 e. The lowest BCUT2D eigenvalue weighted by Crippen LogP contribution is -1.93. The molecule has 0 spiro atoms. The van der Waals surface area contributed by atoms with E-state index in [1.54, 1.807) is 0 Å². The van der Waals surface area contributed by atoms with E-state index in [1.807, 2.05) is 0 Å². The summed E-state index contributed by atoms with van der Waals surface area (Å²) >= 11 is 0. The van der Waals surface area contributed by atoms with Crippen LogP contribution in [0, 0.1) is 5.92 Å². The molecule has 1 atom stereocenters. The third kappa shape index (κ3) is 2.11. The number of allylic oxidation sites excluding steroid dienone is 2. The molecule has 0 aromatic carbocycles. The van der Waals surface area contributed by atoms with Gasteiger partial charge in [-0.05, 0) is 30.7 Å². The summed E-state index contributed by atoms with van der Waals surface area (Å²) < 4.78 is 0. The lowest BCUT2D eigenvalue weighted by molar-refractivity contribution is 0.586. The fraction of sp³-hybridized carbons (Fsp3) is 0.714. The SMILES string of the molecule is [N-]=[N+]=NCCC1C=CCC1. The van der Waals surface area contributed by atoms with E-state index in [-0.39, 0.29) is 0 Å². The van der Waals surface area contributed by atoms with Gasteiger partial charge in [-0.1, -0.05) is 17.3 Å². The van der Waals surface area contributed by atoms with E-state index in [9.17, 15) is 0 Å². The van der Waals surface area contributed by atoms with Crippen LogP contribution in [0.5, 0.6) is 0 Å². The highest BCUT2D eigenvalue weighted by Gasteiger charge is 2.06. The zero-order valence-electron chi connectivity index (χ0n) is 5.90. The molecule has 1 aliphatic rings. The molecule has 0 saturated carbocycles. The summed E-state index contributed by atoms with van der Waals surface area (Å²) in [7, 11) is 0. The average Bonchev–Trinajstić information content (AvgIpc) is 2.41. The number of nitrogens with zero attached hydrogens (tertiary/aromatic N) is 3. The standard InChI is InChI=1S/C7H11N3/c8-10-9-6-5-7-3-1-2-4-7/h1,3,7H,2,4-6H2. The monoisotopic (exact) mass is 137 g/mol. The Balaban J connectivity index is 2.13. The summed E-state index contributed by atoms with van der Waals surface area (Å²) in [4.78, 5) is 2.70. The molecule has 0 aromatic rings. The summed E-state index contributed by atoms with van der Waals surface area (Å²) in [6.07, 6.45) is 7.86. The van der Waals surface area contributed by atoms with Crippen LogP contribution in [0.3, 0.4) is 0 Å². The first-order valence-corrected chi connectivity index (χ1v) is 3.61. The van der Waals surface area contributed by atoms with Crippen molar-refractivity contribution in [2.45, 2.75) is 19.3 Å². The summed E-state index contributed by atoms with van der Waals surface area (Å²) in [6, 6.07) is 0. The second-order valence-electron chi connectivity index (χ2n) is 2.51. The van der Waals surface area contributed by atoms with Crippen molar-refractivity contribution >= 4 is 0 Å². The Kier molecular flexibility index (Phi) is 2.84. The Morgan fingerprint density at radius 2 is 2.60 bits per heavy atom. The van der Waals surface area contributed by atoms with Crippen LogP contribution in [-0.4, -0.2) is 6.54 Å². The molecule has 10 heavy (non-hydrogen) atoms. The molecule has 1 rings (SSSR count). The predicted octanol–water partition coefficient (Wildman–Crippen LogP) is 2.65. The van der Waals surface area contributed by atoms with E-state index in [1.165, 1.54) is 12.8 Å². The lowest BCUT2D eigenvalue weighted by atomic mass is 10.1. The molecule has 0 bridgehead atoms. The number of hydrogen-bond acceptors (Lipinski definition) is 1. The van der Waals surface area contributed by atoms with Crippen molar-refractivity contribution in [3.63, 3.8) is 0 Å². The van der Waals surface area contributed by atoms with E-state index in [0.717, 1.165) is 6.42 Å². The van der Waals surface area contributed by atoms with Gasteiger partial charge in [0.2, 0.25) is 0 Å². The summed E-state index contributed by atoms with van der Waals surface area (Å²) in [5.74, 6) is 0.672. The quantitative estimate of drug-likeness (QED) is 0.248. The van der Waals surface area contributed by atoms with Crippen LogP contribution in [0.4, 0.5) is 0 Å². The third-order valence-corrected chi connectivity index (χ3v) is 1.78. The van der Waals surface area contributed by atoms with Gasteiger partial charge in [0.15, 0.2) is 0 Å². The van der Waals surface area contributed by atoms with Crippen LogP contribution in [0.15, 0.2) is 17.3 Å². The first kappa shape index (κ1) is 7.16. The second kappa shape index (κ2) is 3.96. The van der Waals surface area contributed by atoms with Crippen molar-refractivity contribution in [3.05, 3.63) is 22.6 Å². The number of rotatable bonds is 3. The van der Waals surface area contributed by atoms with Crippen LogP contribution < -0.4 is 0 Å². The van der Waals surface area contributed by atoms with E-state index < -0.39 is 0 Å². The van der Waals surface area contributed by atoms with Gasteiger partial charge in [-0.3, -0.25) is 0 Å². The smallest absolute Gasteiger partial charge is 0.0263 e. The predicted molar refractivity (Wildman–Crippen MR) is 40.5 cm³/mol. The van der Waals surface area contributed by atoms with Crippen LogP contribution in [0.1, 0.15) is 19.3 Å². The van der Waals surface area contributed by atoms with Gasteiger partial charge >= 0.3 is 0 Å². The summed E-state index contributed by atoms with van der Waals surface area (Å²) in [5, 5.41) is 3.48. The highest BCUT2D eigenvalue weighted by Crippen LogP contribution is 2.19. The van der Waals surface area contributed by atoms with Crippen molar-refractivity contribution in [1.29, 1.82) is 0 Å². The van der Waals surface area contributed by atoms with Gasteiger partial charge in [0.1, 0.15) is 0 Å². The summed E-state index contributed by atoms with van der Waals surface area (Å²) in [6.45, 7) is 0.644. The molecule has 0 aromatic heterocycles. The Morgan fingerprint density at radius 3 is 3.20 bits per heavy atom. The molecule has 0 heterocycles. The van der Waals surface area contributed by atoms with E-state index in [0.29, 0.717) is 12.5 Å². The molecule has 3 heteroatoms. The van der Waals surface area contributed by atoms with Gasteiger partial charge in [0.05, 0.1) is 0 Å². The van der Waals surface area contributed by atoms with Crippen LogP contribution in [0.2, 0.25) is 0 Å². The van der Waals surface area contributed by atoms with Crippen molar-refractivity contribution in [2.24, 2.45) is 11.0 Å². The van der Waals surface area contributed by atoms with Gasteiger partial charge in [-0.15, -0.1) is 0 Å². The average molecular weight is 137 g/mol. The topological polar surface area (TPSA) is 48.8 Å². The Morgan fingerprint density at radius 1 is 1.70 bits per heavy atom. The largest absolute Gasteiger partial charge is 0.0940 e. The second-order valence-corrected chi connectivity index (χ2v) is 2.51. The maximum atomic E-state index is 7.98. The fourth-order valence-electron chi connectivity index (χ4n) is 1.20. The molecule has 0 amide bonds. The molecule has 54 valence electrons. The maximum Gasteiger partial charge on any atom is 0.0263 e. The van der Waals surface area contributed by atoms with Gasteiger partial charge in [-0.25, -0.2) is 0 Å². The molecule has 3 nitrogen and oxygen atoms in total.